The molecule has 0 bridgehead atoms. The normalized spacial score (nSPS) is 14.2. The van der Waals surface area contributed by atoms with E-state index in [0.717, 1.165) is 12.8 Å². The van der Waals surface area contributed by atoms with Gasteiger partial charge in [-0.15, -0.1) is 0 Å². The summed E-state index contributed by atoms with van der Waals surface area (Å²) in [6.45, 7) is 4.04. The third-order valence-corrected chi connectivity index (χ3v) is 5.25. The molecule has 8 nitrogen and oxygen atoms in total. The number of Topliss-reactive ketones (excluding diaryl/α,β-unsaturated/α-hetero) is 1. The van der Waals surface area contributed by atoms with Crippen molar-refractivity contribution in [3.8, 4) is 0 Å². The lowest BCUT2D eigenvalue weighted by Crippen LogP contribution is -2.22. The van der Waals surface area contributed by atoms with Crippen molar-refractivity contribution in [3.05, 3.63) is 16.9 Å². The molecule has 0 unspecified atom stereocenters. The van der Waals surface area contributed by atoms with Gasteiger partial charge < -0.3 is 13.9 Å². The summed E-state index contributed by atoms with van der Waals surface area (Å²) in [6, 6.07) is 0. The zero-order valence-corrected chi connectivity index (χ0v) is 18.0. The second-order valence-corrected chi connectivity index (χ2v) is 7.62. The van der Waals surface area contributed by atoms with E-state index in [2.05, 4.69) is 5.32 Å². The highest BCUT2D eigenvalue weighted by Crippen LogP contribution is 2.29. The maximum atomic E-state index is 12.2. The lowest BCUT2D eigenvalue weighted by molar-refractivity contribution is -0.147. The molecule has 2 rings (SSSR count). The van der Waals surface area contributed by atoms with Gasteiger partial charge in [-0.25, -0.2) is 4.79 Å². The van der Waals surface area contributed by atoms with Crippen LogP contribution in [0, 0.1) is 12.8 Å². The zero-order chi connectivity index (χ0) is 22.1. The molecule has 8 heteroatoms. The minimum Gasteiger partial charge on any atom is -0.462 e. The minimum atomic E-state index is -0.769. The van der Waals surface area contributed by atoms with Crippen LogP contribution in [0.15, 0.2) is 4.42 Å². The van der Waals surface area contributed by atoms with Gasteiger partial charge in [-0.05, 0) is 39.5 Å². The van der Waals surface area contributed by atoms with Gasteiger partial charge >= 0.3 is 11.9 Å². The molecule has 30 heavy (non-hydrogen) atoms. The van der Waals surface area contributed by atoms with Crippen molar-refractivity contribution in [1.82, 2.24) is 0 Å². The number of furan rings is 1. The van der Waals surface area contributed by atoms with E-state index in [9.17, 15) is 19.2 Å². The summed E-state index contributed by atoms with van der Waals surface area (Å²) in [6.07, 6.45) is 8.31. The average molecular weight is 421 g/mol. The van der Waals surface area contributed by atoms with Gasteiger partial charge in [-0.3, -0.25) is 19.7 Å². The maximum Gasteiger partial charge on any atom is 0.344 e. The number of aryl methyl sites for hydroxylation is 1. The van der Waals surface area contributed by atoms with Crippen LogP contribution in [0.3, 0.4) is 0 Å². The topological polar surface area (TPSA) is 112 Å². The van der Waals surface area contributed by atoms with Gasteiger partial charge in [0.05, 0.1) is 12.2 Å². The number of ketones is 1. The number of amides is 1. The van der Waals surface area contributed by atoms with Crippen LogP contribution < -0.4 is 5.32 Å². The van der Waals surface area contributed by atoms with Crippen molar-refractivity contribution in [3.63, 3.8) is 0 Å². The third-order valence-electron chi connectivity index (χ3n) is 5.25. The van der Waals surface area contributed by atoms with Gasteiger partial charge in [0.15, 0.2) is 12.4 Å². The lowest BCUT2D eigenvalue weighted by atomic mass is 9.86. The second-order valence-electron chi connectivity index (χ2n) is 7.62. The summed E-state index contributed by atoms with van der Waals surface area (Å²) in [5.41, 5.74) is -0.0718. The van der Waals surface area contributed by atoms with Gasteiger partial charge in [-0.2, -0.15) is 0 Å². The van der Waals surface area contributed by atoms with Gasteiger partial charge in [0.2, 0.25) is 5.88 Å². The standard InChI is InChI=1S/C22H31NO7/c1-4-28-22(27)20-19(14(2)24)15(3)30-21(20)23-17(25)13-29-18(26)12-8-11-16-9-6-5-7-10-16/h16H,4-13H2,1-3H3,(H,23,25). The van der Waals surface area contributed by atoms with Crippen LogP contribution in [-0.4, -0.2) is 36.8 Å². The summed E-state index contributed by atoms with van der Waals surface area (Å²) in [4.78, 5) is 48.2. The predicted octanol–water partition coefficient (Wildman–Crippen LogP) is 4.20. The molecule has 1 saturated carbocycles. The van der Waals surface area contributed by atoms with E-state index in [1.54, 1.807) is 6.92 Å². The summed E-state index contributed by atoms with van der Waals surface area (Å²) in [7, 11) is 0. The third kappa shape index (κ3) is 6.71. The number of rotatable bonds is 10. The van der Waals surface area contributed by atoms with Crippen molar-refractivity contribution in [2.45, 2.75) is 72.1 Å². The molecule has 0 saturated heterocycles. The predicted molar refractivity (Wildman–Crippen MR) is 109 cm³/mol. The summed E-state index contributed by atoms with van der Waals surface area (Å²) in [5.74, 6) is -1.56. The molecule has 1 N–H and O–H groups in total. The highest BCUT2D eigenvalue weighted by Gasteiger charge is 2.28. The molecule has 1 fully saturated rings. The molecule has 1 aromatic heterocycles. The molecule has 1 amide bonds. The first-order chi connectivity index (χ1) is 14.3. The van der Waals surface area contributed by atoms with Crippen LogP contribution in [0.4, 0.5) is 5.88 Å². The van der Waals surface area contributed by atoms with Gasteiger partial charge in [-0.1, -0.05) is 32.1 Å². The van der Waals surface area contributed by atoms with Crippen molar-refractivity contribution in [1.29, 1.82) is 0 Å². The second kappa shape index (κ2) is 11.5. The van der Waals surface area contributed by atoms with Crippen molar-refractivity contribution < 1.29 is 33.1 Å². The SMILES string of the molecule is CCOC(=O)c1c(NC(=O)COC(=O)CCCC2CCCCC2)oc(C)c1C(C)=O. The quantitative estimate of drug-likeness (QED) is 0.445. The van der Waals surface area contributed by atoms with Crippen LogP contribution in [0.2, 0.25) is 0 Å². The monoisotopic (exact) mass is 421 g/mol. The first-order valence-electron chi connectivity index (χ1n) is 10.6. The smallest absolute Gasteiger partial charge is 0.344 e. The Morgan fingerprint density at radius 3 is 2.40 bits per heavy atom. The van der Waals surface area contributed by atoms with E-state index in [4.69, 9.17) is 13.9 Å². The number of ether oxygens (including phenoxy) is 2. The van der Waals surface area contributed by atoms with E-state index in [0.29, 0.717) is 5.92 Å². The number of hydrogen-bond acceptors (Lipinski definition) is 7. The molecule has 166 valence electrons. The van der Waals surface area contributed by atoms with Crippen LogP contribution in [0.5, 0.6) is 0 Å². The molecule has 1 aromatic rings. The first kappa shape index (κ1) is 23.6. The average Bonchev–Trinajstić information content (AvgIpc) is 3.03. The molecule has 0 aromatic carbocycles. The van der Waals surface area contributed by atoms with E-state index < -0.39 is 24.5 Å². The molecule has 1 aliphatic carbocycles. The van der Waals surface area contributed by atoms with Crippen molar-refractivity contribution >= 4 is 29.5 Å². The summed E-state index contributed by atoms with van der Waals surface area (Å²) in [5, 5.41) is 2.39. The number of carbonyl (C=O) groups excluding carboxylic acids is 4. The van der Waals surface area contributed by atoms with Crippen LogP contribution in [0.25, 0.3) is 0 Å². The van der Waals surface area contributed by atoms with Crippen molar-refractivity contribution in [2.75, 3.05) is 18.5 Å². The molecule has 1 aliphatic rings. The Balaban J connectivity index is 1.86. The van der Waals surface area contributed by atoms with Crippen molar-refractivity contribution in [2.24, 2.45) is 5.92 Å². The fourth-order valence-corrected chi connectivity index (χ4v) is 3.85. The molecular formula is C22H31NO7. The Morgan fingerprint density at radius 1 is 1.07 bits per heavy atom. The number of esters is 2. The largest absolute Gasteiger partial charge is 0.462 e. The van der Waals surface area contributed by atoms with Crippen LogP contribution in [0.1, 0.15) is 91.7 Å². The molecular weight excluding hydrogens is 390 g/mol. The molecule has 1 heterocycles. The van der Waals surface area contributed by atoms with Gasteiger partial charge in [0.25, 0.3) is 5.91 Å². The number of anilines is 1. The van der Waals surface area contributed by atoms with Crippen LogP contribution in [-0.2, 0) is 19.1 Å². The van der Waals surface area contributed by atoms with Crippen LogP contribution >= 0.6 is 0 Å². The van der Waals surface area contributed by atoms with E-state index in [-0.39, 0.29) is 41.6 Å². The minimum absolute atomic E-state index is 0.0588. The molecule has 0 atom stereocenters. The first-order valence-corrected chi connectivity index (χ1v) is 10.6. The molecule has 0 spiro atoms. The number of carbonyl (C=O) groups is 4. The Bertz CT molecular complexity index is 775. The van der Waals surface area contributed by atoms with Gasteiger partial charge in [0.1, 0.15) is 11.3 Å². The Labute approximate surface area is 176 Å². The fraction of sp³-hybridized carbons (Fsp3) is 0.636. The Kier molecular flexibility index (Phi) is 9.08. The highest BCUT2D eigenvalue weighted by atomic mass is 16.5. The number of nitrogens with one attached hydrogen (secondary N) is 1. The maximum absolute atomic E-state index is 12.2. The van der Waals surface area contributed by atoms with E-state index >= 15 is 0 Å². The number of hydrogen-bond donors (Lipinski definition) is 1. The fourth-order valence-electron chi connectivity index (χ4n) is 3.85. The highest BCUT2D eigenvalue weighted by molar-refractivity contribution is 6.10. The summed E-state index contributed by atoms with van der Waals surface area (Å²) >= 11 is 0. The lowest BCUT2D eigenvalue weighted by Gasteiger charge is -2.20. The Hall–Kier alpha value is -2.64. The summed E-state index contributed by atoms with van der Waals surface area (Å²) < 4.78 is 15.4. The zero-order valence-electron chi connectivity index (χ0n) is 18.0. The van der Waals surface area contributed by atoms with Gasteiger partial charge in [0, 0.05) is 6.42 Å². The molecule has 0 radical (unpaired) electrons. The molecule has 0 aliphatic heterocycles. The van der Waals surface area contributed by atoms with E-state index in [1.807, 2.05) is 0 Å². The Morgan fingerprint density at radius 2 is 1.77 bits per heavy atom. The van der Waals surface area contributed by atoms with E-state index in [1.165, 1.54) is 46.0 Å².